The minimum absolute atomic E-state index is 0.122. The predicted molar refractivity (Wildman–Crippen MR) is 67.3 cm³/mol. The molecule has 0 radical (unpaired) electrons. The van der Waals surface area contributed by atoms with Crippen molar-refractivity contribution in [1.82, 2.24) is 5.32 Å². The van der Waals surface area contributed by atoms with Crippen molar-refractivity contribution in [3.8, 4) is 0 Å². The third kappa shape index (κ3) is 5.25. The van der Waals surface area contributed by atoms with E-state index in [0.717, 1.165) is 5.56 Å². The van der Waals surface area contributed by atoms with Crippen LogP contribution in [0.4, 0.5) is 4.39 Å². The quantitative estimate of drug-likeness (QED) is 0.768. The molecule has 0 aliphatic rings. The molecule has 0 bridgehead atoms. The van der Waals surface area contributed by atoms with E-state index in [1.54, 1.807) is 12.1 Å². The highest BCUT2D eigenvalue weighted by Gasteiger charge is 2.11. The molecule has 0 fully saturated rings. The summed E-state index contributed by atoms with van der Waals surface area (Å²) in [6.07, 6.45) is -0.00542. The molecule has 0 saturated carbocycles. The Labute approximate surface area is 106 Å². The molecular formula is C13H19FN2O2. The average molecular weight is 254 g/mol. The van der Waals surface area contributed by atoms with E-state index in [-0.39, 0.29) is 24.2 Å². The van der Waals surface area contributed by atoms with Gasteiger partial charge in [-0.3, -0.25) is 4.79 Å². The van der Waals surface area contributed by atoms with E-state index >= 15 is 0 Å². The summed E-state index contributed by atoms with van der Waals surface area (Å²) in [7, 11) is 0. The number of carbonyl (C=O) groups is 1. The van der Waals surface area contributed by atoms with Crippen LogP contribution in [0.5, 0.6) is 0 Å². The monoisotopic (exact) mass is 254 g/mol. The Morgan fingerprint density at radius 3 is 2.67 bits per heavy atom. The minimum Gasteiger partial charge on any atom is -0.377 e. The fraction of sp³-hybridized carbons (Fsp3) is 0.462. The molecule has 0 heterocycles. The number of ether oxygens (including phenoxy) is 1. The number of nitrogens with two attached hydrogens (primary N) is 1. The molecule has 5 heteroatoms. The van der Waals surface area contributed by atoms with E-state index in [9.17, 15) is 9.18 Å². The van der Waals surface area contributed by atoms with E-state index in [0.29, 0.717) is 19.7 Å². The fourth-order valence-electron chi connectivity index (χ4n) is 1.53. The van der Waals surface area contributed by atoms with Crippen LogP contribution in [0, 0.1) is 5.82 Å². The third-order valence-electron chi connectivity index (χ3n) is 2.48. The Bertz CT molecular complexity index is 368. The molecule has 0 spiro atoms. The Kier molecular flexibility index (Phi) is 6.32. The maximum absolute atomic E-state index is 12.7. The lowest BCUT2D eigenvalue weighted by atomic mass is 10.2. The van der Waals surface area contributed by atoms with Gasteiger partial charge in [0.15, 0.2) is 0 Å². The van der Waals surface area contributed by atoms with Crippen molar-refractivity contribution in [2.24, 2.45) is 5.73 Å². The Hall–Kier alpha value is -1.46. The molecule has 1 unspecified atom stereocenters. The van der Waals surface area contributed by atoms with Gasteiger partial charge in [0.05, 0.1) is 12.5 Å². The number of nitrogens with one attached hydrogen (secondary N) is 1. The van der Waals surface area contributed by atoms with Crippen LogP contribution in [0.3, 0.4) is 0 Å². The van der Waals surface area contributed by atoms with Gasteiger partial charge in [-0.2, -0.15) is 0 Å². The van der Waals surface area contributed by atoms with Crippen LogP contribution in [0.25, 0.3) is 0 Å². The molecule has 1 rings (SSSR count). The Balaban J connectivity index is 2.34. The number of carbonyl (C=O) groups excluding carboxylic acids is 1. The molecule has 0 aliphatic heterocycles. The molecule has 3 N–H and O–H groups in total. The largest absolute Gasteiger partial charge is 0.377 e. The molecule has 1 aromatic carbocycles. The van der Waals surface area contributed by atoms with Gasteiger partial charge in [-0.05, 0) is 24.6 Å². The second-order valence-electron chi connectivity index (χ2n) is 3.92. The van der Waals surface area contributed by atoms with Crippen molar-refractivity contribution in [2.45, 2.75) is 26.0 Å². The summed E-state index contributed by atoms with van der Waals surface area (Å²) in [5.41, 5.74) is 6.34. The van der Waals surface area contributed by atoms with Crippen molar-refractivity contribution in [2.75, 3.05) is 13.2 Å². The number of rotatable bonds is 7. The van der Waals surface area contributed by atoms with Crippen molar-refractivity contribution in [1.29, 1.82) is 0 Å². The van der Waals surface area contributed by atoms with Gasteiger partial charge in [0.2, 0.25) is 5.91 Å². The standard InChI is InChI=1S/C13H19FN2O2/c1-2-18-12(8-15)7-13(17)16-9-10-3-5-11(14)6-4-10/h3-6,12H,2,7-9,15H2,1H3,(H,16,17). The zero-order valence-electron chi connectivity index (χ0n) is 10.5. The zero-order valence-corrected chi connectivity index (χ0v) is 10.5. The van der Waals surface area contributed by atoms with Gasteiger partial charge in [0, 0.05) is 19.7 Å². The first-order chi connectivity index (χ1) is 8.65. The number of hydrogen-bond donors (Lipinski definition) is 2. The summed E-state index contributed by atoms with van der Waals surface area (Å²) < 4.78 is 18.0. The lowest BCUT2D eigenvalue weighted by molar-refractivity contribution is -0.123. The lowest BCUT2D eigenvalue weighted by Gasteiger charge is -2.14. The molecule has 18 heavy (non-hydrogen) atoms. The van der Waals surface area contributed by atoms with Crippen molar-refractivity contribution < 1.29 is 13.9 Å². The number of halogens is 1. The number of hydrogen-bond acceptors (Lipinski definition) is 3. The maximum atomic E-state index is 12.7. The normalized spacial score (nSPS) is 12.2. The maximum Gasteiger partial charge on any atom is 0.222 e. The van der Waals surface area contributed by atoms with Gasteiger partial charge in [0.25, 0.3) is 0 Å². The SMILES string of the molecule is CCOC(CN)CC(=O)NCc1ccc(F)cc1. The lowest BCUT2D eigenvalue weighted by Crippen LogP contribution is -2.32. The molecule has 4 nitrogen and oxygen atoms in total. The summed E-state index contributed by atoms with van der Waals surface area (Å²) in [5.74, 6) is -0.409. The summed E-state index contributed by atoms with van der Waals surface area (Å²) in [5, 5.41) is 2.74. The van der Waals surface area contributed by atoms with Crippen molar-refractivity contribution in [3.05, 3.63) is 35.6 Å². The van der Waals surface area contributed by atoms with E-state index < -0.39 is 0 Å². The highest BCUT2D eigenvalue weighted by Crippen LogP contribution is 2.03. The van der Waals surface area contributed by atoms with Gasteiger partial charge in [-0.15, -0.1) is 0 Å². The van der Waals surface area contributed by atoms with E-state index in [4.69, 9.17) is 10.5 Å². The molecule has 1 atom stereocenters. The summed E-state index contributed by atoms with van der Waals surface area (Å²) in [6.45, 7) is 3.09. The molecule has 1 aromatic rings. The molecule has 0 saturated heterocycles. The van der Waals surface area contributed by atoms with Gasteiger partial charge >= 0.3 is 0 Å². The predicted octanol–water partition coefficient (Wildman–Crippen LogP) is 1.20. The summed E-state index contributed by atoms with van der Waals surface area (Å²) in [4.78, 5) is 11.6. The topological polar surface area (TPSA) is 64.3 Å². The Morgan fingerprint density at radius 2 is 2.11 bits per heavy atom. The summed E-state index contributed by atoms with van der Waals surface area (Å²) in [6, 6.07) is 6.01. The van der Waals surface area contributed by atoms with Crippen LogP contribution in [0.2, 0.25) is 0 Å². The van der Waals surface area contributed by atoms with E-state index in [1.807, 2.05) is 6.92 Å². The Morgan fingerprint density at radius 1 is 1.44 bits per heavy atom. The third-order valence-corrected chi connectivity index (χ3v) is 2.48. The van der Waals surface area contributed by atoms with Crippen molar-refractivity contribution in [3.63, 3.8) is 0 Å². The first kappa shape index (κ1) is 14.6. The summed E-state index contributed by atoms with van der Waals surface area (Å²) >= 11 is 0. The van der Waals surface area contributed by atoms with Crippen LogP contribution in [-0.2, 0) is 16.1 Å². The fourth-order valence-corrected chi connectivity index (χ4v) is 1.53. The average Bonchev–Trinajstić information content (AvgIpc) is 2.37. The van der Waals surface area contributed by atoms with Gasteiger partial charge < -0.3 is 15.8 Å². The highest BCUT2D eigenvalue weighted by molar-refractivity contribution is 5.76. The second-order valence-corrected chi connectivity index (χ2v) is 3.92. The van der Waals surface area contributed by atoms with Crippen LogP contribution >= 0.6 is 0 Å². The molecule has 0 aliphatic carbocycles. The van der Waals surface area contributed by atoms with Gasteiger partial charge in [-0.25, -0.2) is 4.39 Å². The van der Waals surface area contributed by atoms with E-state index in [2.05, 4.69) is 5.32 Å². The highest BCUT2D eigenvalue weighted by atomic mass is 19.1. The van der Waals surface area contributed by atoms with Crippen LogP contribution < -0.4 is 11.1 Å². The minimum atomic E-state index is -0.287. The molecule has 1 amide bonds. The number of amides is 1. The molecule has 100 valence electrons. The first-order valence-corrected chi connectivity index (χ1v) is 5.98. The second kappa shape index (κ2) is 7.79. The number of benzene rings is 1. The molecular weight excluding hydrogens is 235 g/mol. The van der Waals surface area contributed by atoms with Crippen LogP contribution in [-0.4, -0.2) is 25.2 Å². The van der Waals surface area contributed by atoms with E-state index in [1.165, 1.54) is 12.1 Å². The van der Waals surface area contributed by atoms with Crippen LogP contribution in [0.15, 0.2) is 24.3 Å². The molecule has 0 aromatic heterocycles. The first-order valence-electron chi connectivity index (χ1n) is 5.98. The zero-order chi connectivity index (χ0) is 13.4. The van der Waals surface area contributed by atoms with Crippen LogP contribution in [0.1, 0.15) is 18.9 Å². The van der Waals surface area contributed by atoms with Gasteiger partial charge in [-0.1, -0.05) is 12.1 Å². The van der Waals surface area contributed by atoms with Gasteiger partial charge in [0.1, 0.15) is 5.82 Å². The smallest absolute Gasteiger partial charge is 0.222 e. The van der Waals surface area contributed by atoms with Crippen molar-refractivity contribution >= 4 is 5.91 Å².